The summed E-state index contributed by atoms with van der Waals surface area (Å²) in [6.07, 6.45) is 1.27. The molecule has 4 rings (SSSR count). The van der Waals surface area contributed by atoms with E-state index in [4.69, 9.17) is 5.73 Å². The summed E-state index contributed by atoms with van der Waals surface area (Å²) in [4.78, 5) is 23.1. The van der Waals surface area contributed by atoms with Crippen molar-refractivity contribution in [3.63, 3.8) is 0 Å². The lowest BCUT2D eigenvalue weighted by Gasteiger charge is -2.05. The minimum atomic E-state index is -0.665. The van der Waals surface area contributed by atoms with Crippen LogP contribution in [0.25, 0.3) is 17.1 Å². The van der Waals surface area contributed by atoms with Crippen LogP contribution in [0.15, 0.2) is 64.3 Å². The molecule has 0 bridgehead atoms. The van der Waals surface area contributed by atoms with Gasteiger partial charge in [0.25, 0.3) is 11.6 Å². The first-order valence-electron chi connectivity index (χ1n) is 8.72. The van der Waals surface area contributed by atoms with Crippen LogP contribution >= 0.6 is 0 Å². The van der Waals surface area contributed by atoms with Gasteiger partial charge in [0.2, 0.25) is 11.6 Å². The molecule has 13 heteroatoms. The van der Waals surface area contributed by atoms with Crippen LogP contribution in [0.5, 0.6) is 0 Å². The van der Waals surface area contributed by atoms with Gasteiger partial charge in [0.05, 0.1) is 11.1 Å². The van der Waals surface area contributed by atoms with Crippen LogP contribution in [-0.4, -0.2) is 42.4 Å². The molecular weight excluding hydrogens is 406 g/mol. The Morgan fingerprint density at radius 2 is 2.00 bits per heavy atom. The second kappa shape index (κ2) is 8.20. The molecule has 2 heterocycles. The maximum absolute atomic E-state index is 12.7. The van der Waals surface area contributed by atoms with Crippen molar-refractivity contribution in [3.8, 4) is 17.1 Å². The predicted molar refractivity (Wildman–Crippen MR) is 107 cm³/mol. The molecule has 2 aromatic carbocycles. The second-order valence-corrected chi connectivity index (χ2v) is 6.09. The van der Waals surface area contributed by atoms with E-state index in [1.165, 1.54) is 29.1 Å². The zero-order chi connectivity index (χ0) is 21.8. The molecule has 31 heavy (non-hydrogen) atoms. The molecule has 0 spiro atoms. The number of rotatable bonds is 6. The number of nitrogens with one attached hydrogen (secondary N) is 1. The molecule has 0 aliphatic rings. The number of non-ortho nitro benzene ring substituents is 1. The van der Waals surface area contributed by atoms with E-state index in [2.05, 4.69) is 35.8 Å². The summed E-state index contributed by atoms with van der Waals surface area (Å²) in [6.45, 7) is 0. The largest absolute Gasteiger partial charge is 0.378 e. The van der Waals surface area contributed by atoms with Gasteiger partial charge >= 0.3 is 0 Å². The molecule has 2 aromatic heterocycles. The average Bonchev–Trinajstić information content (AvgIpc) is 3.40. The molecule has 0 radical (unpaired) electrons. The van der Waals surface area contributed by atoms with Crippen molar-refractivity contribution in [2.24, 2.45) is 5.10 Å². The maximum Gasteiger partial charge on any atom is 0.294 e. The van der Waals surface area contributed by atoms with E-state index in [0.717, 1.165) is 0 Å². The highest BCUT2D eigenvalue weighted by atomic mass is 16.6. The monoisotopic (exact) mass is 419 g/mol. The van der Waals surface area contributed by atoms with E-state index in [1.54, 1.807) is 30.3 Å². The van der Waals surface area contributed by atoms with Gasteiger partial charge in [0, 0.05) is 23.3 Å². The fourth-order valence-corrected chi connectivity index (χ4v) is 2.71. The van der Waals surface area contributed by atoms with E-state index >= 15 is 0 Å². The van der Waals surface area contributed by atoms with Crippen LogP contribution in [0.4, 0.5) is 11.5 Å². The lowest BCUT2D eigenvalue weighted by molar-refractivity contribution is -0.384. The first-order valence-corrected chi connectivity index (χ1v) is 8.72. The Morgan fingerprint density at radius 1 is 1.19 bits per heavy atom. The van der Waals surface area contributed by atoms with Crippen molar-refractivity contribution >= 4 is 23.6 Å². The molecule has 3 N–H and O–H groups in total. The Balaban J connectivity index is 1.64. The van der Waals surface area contributed by atoms with Crippen LogP contribution < -0.4 is 11.2 Å². The number of nitrogens with two attached hydrogens (primary N) is 1. The Morgan fingerprint density at radius 3 is 2.71 bits per heavy atom. The molecule has 13 nitrogen and oxygen atoms in total. The van der Waals surface area contributed by atoms with Gasteiger partial charge in [-0.2, -0.15) is 9.78 Å². The summed E-state index contributed by atoms with van der Waals surface area (Å²) in [5, 5.41) is 29.8. The number of nitro benzene ring substituents is 1. The number of anilines is 1. The third-order valence-electron chi connectivity index (χ3n) is 4.09. The number of carbonyl (C=O) groups is 1. The summed E-state index contributed by atoms with van der Waals surface area (Å²) < 4.78 is 5.85. The lowest BCUT2D eigenvalue weighted by atomic mass is 10.1. The Bertz CT molecular complexity index is 1280. The molecule has 0 saturated heterocycles. The summed E-state index contributed by atoms with van der Waals surface area (Å²) >= 11 is 0. The number of nitrogen functional groups attached to an aromatic ring is 1. The number of hydrazone groups is 1. The van der Waals surface area contributed by atoms with E-state index in [0.29, 0.717) is 16.8 Å². The SMILES string of the molecule is Nc1nonc1-n1nnc(C(=O)NN=Cc2cccc([N+](=O)[O-])c2)c1-c1ccccc1. The molecule has 4 aromatic rings. The average molecular weight is 419 g/mol. The van der Waals surface area contributed by atoms with E-state index < -0.39 is 10.8 Å². The van der Waals surface area contributed by atoms with Gasteiger partial charge in [-0.05, 0) is 10.3 Å². The van der Waals surface area contributed by atoms with Crippen LogP contribution in [0, 0.1) is 10.1 Å². The zero-order valence-corrected chi connectivity index (χ0v) is 15.6. The second-order valence-electron chi connectivity index (χ2n) is 6.09. The van der Waals surface area contributed by atoms with Gasteiger partial charge in [-0.15, -0.1) is 5.10 Å². The number of nitro groups is 1. The Hall–Kier alpha value is -4.94. The quantitative estimate of drug-likeness (QED) is 0.266. The Kier molecular flexibility index (Phi) is 5.13. The predicted octanol–water partition coefficient (Wildman–Crippen LogP) is 1.57. The number of hydrogen-bond acceptors (Lipinski definition) is 10. The molecule has 0 atom stereocenters. The highest BCUT2D eigenvalue weighted by Crippen LogP contribution is 2.26. The normalized spacial score (nSPS) is 11.0. The van der Waals surface area contributed by atoms with Gasteiger partial charge in [0.15, 0.2) is 5.69 Å². The Labute approximate surface area is 173 Å². The van der Waals surface area contributed by atoms with Crippen molar-refractivity contribution in [2.45, 2.75) is 0 Å². The van der Waals surface area contributed by atoms with E-state index in [-0.39, 0.29) is 23.0 Å². The molecule has 0 saturated carbocycles. The van der Waals surface area contributed by atoms with Gasteiger partial charge in [-0.1, -0.05) is 47.7 Å². The van der Waals surface area contributed by atoms with Crippen LogP contribution in [-0.2, 0) is 0 Å². The molecule has 0 fully saturated rings. The number of hydrogen-bond donors (Lipinski definition) is 2. The van der Waals surface area contributed by atoms with Crippen molar-refractivity contribution in [2.75, 3.05) is 5.73 Å². The number of amides is 1. The summed E-state index contributed by atoms with van der Waals surface area (Å²) in [5.74, 6) is -0.620. The summed E-state index contributed by atoms with van der Waals surface area (Å²) in [6, 6.07) is 14.7. The first-order chi connectivity index (χ1) is 15.0. The molecule has 0 aliphatic heterocycles. The smallest absolute Gasteiger partial charge is 0.294 e. The van der Waals surface area contributed by atoms with E-state index in [9.17, 15) is 14.9 Å². The molecule has 154 valence electrons. The van der Waals surface area contributed by atoms with Gasteiger partial charge < -0.3 is 5.73 Å². The minimum absolute atomic E-state index is 0.0299. The minimum Gasteiger partial charge on any atom is -0.378 e. The van der Waals surface area contributed by atoms with E-state index in [1.807, 2.05) is 6.07 Å². The number of benzene rings is 2. The lowest BCUT2D eigenvalue weighted by Crippen LogP contribution is -2.19. The maximum atomic E-state index is 12.7. The van der Waals surface area contributed by atoms with Crippen molar-refractivity contribution in [1.82, 2.24) is 30.7 Å². The van der Waals surface area contributed by atoms with Crippen molar-refractivity contribution < 1.29 is 14.3 Å². The summed E-state index contributed by atoms with van der Waals surface area (Å²) in [5.41, 5.74) is 9.29. The molecule has 0 unspecified atom stereocenters. The highest BCUT2D eigenvalue weighted by molar-refractivity contribution is 5.98. The van der Waals surface area contributed by atoms with Crippen molar-refractivity contribution in [3.05, 3.63) is 76.0 Å². The first kappa shape index (κ1) is 19.4. The van der Waals surface area contributed by atoms with Crippen molar-refractivity contribution in [1.29, 1.82) is 0 Å². The molecule has 0 aliphatic carbocycles. The highest BCUT2D eigenvalue weighted by Gasteiger charge is 2.24. The number of nitrogens with zero attached hydrogens (tertiary/aromatic N) is 7. The fraction of sp³-hybridized carbons (Fsp3) is 0. The summed E-state index contributed by atoms with van der Waals surface area (Å²) in [7, 11) is 0. The topological polar surface area (TPSA) is 180 Å². The fourth-order valence-electron chi connectivity index (χ4n) is 2.71. The third-order valence-corrected chi connectivity index (χ3v) is 4.09. The number of carbonyl (C=O) groups excluding carboxylic acids is 1. The standard InChI is InChI=1S/C18H13N9O4/c19-16-17(24-31-23-16)26-15(12-6-2-1-3-7-12)14(21-25-26)18(28)22-20-10-11-5-4-8-13(9-11)27(29)30/h1-10H,(H2,19,23)(H,22,28). The van der Waals surface area contributed by atoms with Crippen LogP contribution in [0.3, 0.4) is 0 Å². The third kappa shape index (κ3) is 3.95. The van der Waals surface area contributed by atoms with Gasteiger partial charge in [-0.3, -0.25) is 14.9 Å². The molecular formula is C18H13N9O4. The van der Waals surface area contributed by atoms with Crippen LogP contribution in [0.2, 0.25) is 0 Å². The van der Waals surface area contributed by atoms with Crippen LogP contribution in [0.1, 0.15) is 16.1 Å². The zero-order valence-electron chi connectivity index (χ0n) is 15.6. The van der Waals surface area contributed by atoms with Gasteiger partial charge in [0.1, 0.15) is 5.69 Å². The van der Waals surface area contributed by atoms with Gasteiger partial charge in [-0.25, -0.2) is 10.1 Å². The molecule has 1 amide bonds. The number of aromatic nitrogens is 5.